The molecule has 0 bridgehead atoms. The summed E-state index contributed by atoms with van der Waals surface area (Å²) in [7, 11) is -2.54. The first-order chi connectivity index (χ1) is 14.5. The third-order valence-corrected chi connectivity index (χ3v) is 11.3. The van der Waals surface area contributed by atoms with Crippen molar-refractivity contribution in [3.8, 4) is 0 Å². The van der Waals surface area contributed by atoms with Gasteiger partial charge in [-0.2, -0.15) is 0 Å². The Morgan fingerprint density at radius 1 is 0.774 bits per heavy atom. The topological polar surface area (TPSA) is 35.5 Å². The number of carbonyl (C=O) groups excluding carboxylic acids is 1. The van der Waals surface area contributed by atoms with Crippen LogP contribution in [0.25, 0.3) is 0 Å². The molecule has 1 fully saturated rings. The molecule has 2 aromatic carbocycles. The Bertz CT molecular complexity index is 802. The quantitative estimate of drug-likeness (QED) is 0.459. The lowest BCUT2D eigenvalue weighted by atomic mass is 9.87. The number of ether oxygens (including phenoxy) is 1. The zero-order valence-electron chi connectivity index (χ0n) is 20.0. The predicted molar refractivity (Wildman–Crippen MR) is 130 cm³/mol. The molecule has 2 aromatic rings. The van der Waals surface area contributed by atoms with Gasteiger partial charge in [0.2, 0.25) is 0 Å². The molecule has 0 atom stereocenters. The van der Waals surface area contributed by atoms with Crippen molar-refractivity contribution < 1.29 is 14.0 Å². The van der Waals surface area contributed by atoms with Crippen LogP contribution in [0, 0.1) is 5.92 Å². The fourth-order valence-corrected chi connectivity index (χ4v) is 9.49. The van der Waals surface area contributed by atoms with Crippen molar-refractivity contribution in [1.29, 1.82) is 0 Å². The van der Waals surface area contributed by atoms with Crippen molar-refractivity contribution in [1.82, 2.24) is 0 Å². The van der Waals surface area contributed by atoms with E-state index in [0.717, 1.165) is 25.7 Å². The molecule has 3 nitrogen and oxygen atoms in total. The van der Waals surface area contributed by atoms with E-state index < -0.39 is 13.9 Å². The van der Waals surface area contributed by atoms with Crippen LogP contribution in [0.5, 0.6) is 0 Å². The molecule has 0 N–H and O–H groups in total. The average Bonchev–Trinajstić information content (AvgIpc) is 2.71. The molecule has 0 saturated heterocycles. The van der Waals surface area contributed by atoms with Gasteiger partial charge in [-0.15, -0.1) is 0 Å². The molecule has 1 aliphatic rings. The minimum absolute atomic E-state index is 0.0155. The molecule has 31 heavy (non-hydrogen) atoms. The van der Waals surface area contributed by atoms with Crippen LogP contribution < -0.4 is 10.4 Å². The molecule has 0 spiro atoms. The summed E-state index contributed by atoms with van der Waals surface area (Å²) in [5, 5.41) is 2.59. The fourth-order valence-electron chi connectivity index (χ4n) is 4.74. The molecule has 0 aliphatic heterocycles. The molecule has 1 aliphatic carbocycles. The van der Waals surface area contributed by atoms with Crippen molar-refractivity contribution >= 4 is 24.7 Å². The first-order valence-corrected chi connectivity index (χ1v) is 13.5. The zero-order chi connectivity index (χ0) is 22.7. The third kappa shape index (κ3) is 5.47. The zero-order valence-corrected chi connectivity index (χ0v) is 21.0. The molecule has 0 heterocycles. The van der Waals surface area contributed by atoms with Gasteiger partial charge in [0.15, 0.2) is 0 Å². The smallest absolute Gasteiger partial charge is 0.309 e. The Hall–Kier alpha value is -1.91. The van der Waals surface area contributed by atoms with E-state index in [2.05, 4.69) is 81.4 Å². The highest BCUT2D eigenvalue weighted by atomic mass is 28.4. The van der Waals surface area contributed by atoms with Crippen molar-refractivity contribution in [3.63, 3.8) is 0 Å². The van der Waals surface area contributed by atoms with Crippen LogP contribution in [0.4, 0.5) is 0 Å². The highest BCUT2D eigenvalue weighted by molar-refractivity contribution is 6.99. The minimum Gasteiger partial charge on any atom is -0.460 e. The second kappa shape index (κ2) is 9.29. The highest BCUT2D eigenvalue weighted by Crippen LogP contribution is 2.40. The molecule has 0 amide bonds. The van der Waals surface area contributed by atoms with E-state index in [0.29, 0.717) is 0 Å². The third-order valence-electron chi connectivity index (χ3n) is 6.17. The Labute approximate surface area is 189 Å². The van der Waals surface area contributed by atoms with Gasteiger partial charge >= 0.3 is 5.97 Å². The van der Waals surface area contributed by atoms with Crippen LogP contribution in [0.2, 0.25) is 5.04 Å². The van der Waals surface area contributed by atoms with E-state index in [9.17, 15) is 4.79 Å². The van der Waals surface area contributed by atoms with Gasteiger partial charge in [0.1, 0.15) is 5.60 Å². The normalized spacial score (nSPS) is 20.3. The summed E-state index contributed by atoms with van der Waals surface area (Å²) in [5.41, 5.74) is -0.431. The Morgan fingerprint density at radius 3 is 1.61 bits per heavy atom. The first kappa shape index (κ1) is 23.7. The van der Waals surface area contributed by atoms with Gasteiger partial charge in [0.05, 0.1) is 5.92 Å². The van der Waals surface area contributed by atoms with Crippen molar-refractivity contribution in [2.45, 2.75) is 84.0 Å². The van der Waals surface area contributed by atoms with Gasteiger partial charge in [0, 0.05) is 6.10 Å². The number of esters is 1. The van der Waals surface area contributed by atoms with E-state index in [1.54, 1.807) is 0 Å². The molecule has 4 heteroatoms. The maximum Gasteiger partial charge on any atom is 0.309 e. The summed E-state index contributed by atoms with van der Waals surface area (Å²) in [5.74, 6) is -0.0744. The van der Waals surface area contributed by atoms with Crippen LogP contribution in [0.3, 0.4) is 0 Å². The van der Waals surface area contributed by atoms with Crippen molar-refractivity contribution in [2.24, 2.45) is 5.92 Å². The van der Waals surface area contributed by atoms with Crippen LogP contribution in [-0.2, 0) is 14.0 Å². The van der Waals surface area contributed by atoms with E-state index in [1.165, 1.54) is 10.4 Å². The lowest BCUT2D eigenvalue weighted by Gasteiger charge is -2.46. The standard InChI is InChI=1S/C27H38O3Si/c1-26(2,3)29-25(28)21-17-19-22(20-18-21)30-31(27(4,5)6,23-13-9-7-10-14-23)24-15-11-8-12-16-24/h7-16,21-22H,17-20H2,1-6H3. The maximum atomic E-state index is 12.6. The summed E-state index contributed by atoms with van der Waals surface area (Å²) in [4.78, 5) is 12.6. The second-order valence-electron chi connectivity index (χ2n) is 10.8. The van der Waals surface area contributed by atoms with Gasteiger partial charge in [-0.1, -0.05) is 81.4 Å². The fraction of sp³-hybridized carbons (Fsp3) is 0.519. The minimum atomic E-state index is -2.54. The molecule has 168 valence electrons. The van der Waals surface area contributed by atoms with Gasteiger partial charge < -0.3 is 9.16 Å². The molecule has 0 aromatic heterocycles. The van der Waals surface area contributed by atoms with Crippen molar-refractivity contribution in [3.05, 3.63) is 60.7 Å². The van der Waals surface area contributed by atoms with E-state index >= 15 is 0 Å². The molecule has 0 radical (unpaired) electrons. The van der Waals surface area contributed by atoms with E-state index in [1.807, 2.05) is 20.8 Å². The van der Waals surface area contributed by atoms with Gasteiger partial charge in [0.25, 0.3) is 8.32 Å². The largest absolute Gasteiger partial charge is 0.460 e. The van der Waals surface area contributed by atoms with Crippen LogP contribution in [-0.4, -0.2) is 26.0 Å². The summed E-state index contributed by atoms with van der Waals surface area (Å²) in [6, 6.07) is 21.6. The molecular formula is C27H38O3Si. The van der Waals surface area contributed by atoms with Gasteiger partial charge in [-0.05, 0) is 61.9 Å². The van der Waals surface area contributed by atoms with E-state index in [4.69, 9.17) is 9.16 Å². The van der Waals surface area contributed by atoms with Crippen LogP contribution in [0.1, 0.15) is 67.2 Å². The Balaban J connectivity index is 1.87. The Morgan fingerprint density at radius 2 is 1.23 bits per heavy atom. The predicted octanol–water partition coefficient (Wildman–Crippen LogP) is 5.46. The van der Waals surface area contributed by atoms with Gasteiger partial charge in [-0.25, -0.2) is 0 Å². The lowest BCUT2D eigenvalue weighted by Crippen LogP contribution is -2.67. The summed E-state index contributed by atoms with van der Waals surface area (Å²) < 4.78 is 12.9. The monoisotopic (exact) mass is 438 g/mol. The Kier molecular flexibility index (Phi) is 7.12. The van der Waals surface area contributed by atoms with Crippen molar-refractivity contribution in [2.75, 3.05) is 0 Å². The van der Waals surface area contributed by atoms with Gasteiger partial charge in [-0.3, -0.25) is 4.79 Å². The number of hydrogen-bond donors (Lipinski definition) is 0. The van der Waals surface area contributed by atoms with Crippen LogP contribution in [0.15, 0.2) is 60.7 Å². The number of carbonyl (C=O) groups is 1. The first-order valence-electron chi connectivity index (χ1n) is 11.5. The lowest BCUT2D eigenvalue weighted by molar-refractivity contribution is -0.161. The van der Waals surface area contributed by atoms with Crippen LogP contribution >= 0.6 is 0 Å². The SMILES string of the molecule is CC(C)(C)OC(=O)C1CCC(O[Si](c2ccccc2)(c2ccccc2)C(C)(C)C)CC1. The number of rotatable bonds is 5. The van der Waals surface area contributed by atoms with E-state index in [-0.39, 0.29) is 23.0 Å². The summed E-state index contributed by atoms with van der Waals surface area (Å²) >= 11 is 0. The summed E-state index contributed by atoms with van der Waals surface area (Å²) in [6.45, 7) is 12.7. The maximum absolute atomic E-state index is 12.6. The molecular weight excluding hydrogens is 400 g/mol. The highest BCUT2D eigenvalue weighted by Gasteiger charge is 2.51. The second-order valence-corrected chi connectivity index (χ2v) is 15.0. The number of hydrogen-bond acceptors (Lipinski definition) is 3. The summed E-state index contributed by atoms with van der Waals surface area (Å²) in [6.07, 6.45) is 3.61. The molecule has 0 unspecified atom stereocenters. The molecule has 3 rings (SSSR count). The molecule has 1 saturated carbocycles. The average molecular weight is 439 g/mol. The number of benzene rings is 2.